The molecule has 31 heavy (non-hydrogen) atoms. The molecule has 0 rings (SSSR count). The molecule has 186 valence electrons. The Bertz CT molecular complexity index is 376. The van der Waals surface area contributed by atoms with Crippen molar-refractivity contribution in [2.45, 2.75) is 136 Å². The predicted octanol–water partition coefficient (Wildman–Crippen LogP) is 6.17. The van der Waals surface area contributed by atoms with Crippen LogP contribution in [0.2, 0.25) is 0 Å². The number of hydrogen-bond acceptors (Lipinski definition) is 4. The monoisotopic (exact) mass is 443 g/mol. The van der Waals surface area contributed by atoms with E-state index >= 15 is 0 Å². The average molecular weight is 444 g/mol. The van der Waals surface area contributed by atoms with Gasteiger partial charge >= 0.3 is 0 Å². The minimum Gasteiger partial charge on any atom is -0.391 e. The fourth-order valence-corrected chi connectivity index (χ4v) is 3.61. The van der Waals surface area contributed by atoms with Gasteiger partial charge in [0.25, 0.3) is 0 Å². The van der Waals surface area contributed by atoms with Crippen molar-refractivity contribution >= 4 is 5.91 Å². The van der Waals surface area contributed by atoms with Crippen molar-refractivity contribution in [1.82, 2.24) is 5.32 Å². The Morgan fingerprint density at radius 2 is 1.26 bits per heavy atom. The van der Waals surface area contributed by atoms with Gasteiger partial charge in [0, 0.05) is 13.0 Å². The van der Waals surface area contributed by atoms with Crippen LogP contribution in [0.5, 0.6) is 0 Å². The third-order valence-corrected chi connectivity index (χ3v) is 5.55. The molecule has 0 saturated carbocycles. The van der Waals surface area contributed by atoms with Crippen LogP contribution in [0.15, 0.2) is 0 Å². The number of unbranched alkanes of at least 4 members (excludes halogenated alkanes) is 14. The van der Waals surface area contributed by atoms with E-state index in [9.17, 15) is 4.79 Å². The second-order valence-corrected chi connectivity index (χ2v) is 9.12. The summed E-state index contributed by atoms with van der Waals surface area (Å²) in [4.78, 5) is 11.8. The third kappa shape index (κ3) is 25.5. The van der Waals surface area contributed by atoms with Crippen molar-refractivity contribution in [3.63, 3.8) is 0 Å². The molecule has 0 aliphatic heterocycles. The van der Waals surface area contributed by atoms with Crippen molar-refractivity contribution in [3.8, 4) is 0 Å². The summed E-state index contributed by atoms with van der Waals surface area (Å²) in [5, 5.41) is 12.1. The van der Waals surface area contributed by atoms with Crippen molar-refractivity contribution in [2.75, 3.05) is 26.4 Å². The smallest absolute Gasteiger partial charge is 0.220 e. The highest BCUT2D eigenvalue weighted by Crippen LogP contribution is 2.13. The minimum atomic E-state index is -0.457. The molecule has 0 radical (unpaired) electrons. The number of rotatable bonds is 24. The van der Waals surface area contributed by atoms with Gasteiger partial charge in [-0.3, -0.25) is 4.79 Å². The molecule has 2 unspecified atom stereocenters. The van der Waals surface area contributed by atoms with Crippen LogP contribution in [-0.2, 0) is 14.3 Å². The van der Waals surface area contributed by atoms with Gasteiger partial charge in [-0.2, -0.15) is 0 Å². The number of nitrogens with one attached hydrogen (secondary N) is 1. The molecular weight excluding hydrogens is 390 g/mol. The standard InChI is InChI=1S/C26H53NO4/c1-4-5-6-7-8-9-10-11-12-13-14-15-16-17-18-19-26(29)27-20-21-30-23-25(3)31-22-24(2)28/h24-25,28H,4-23H2,1-3H3,(H,27,29). The van der Waals surface area contributed by atoms with Crippen LogP contribution in [0.1, 0.15) is 124 Å². The number of amides is 1. The molecule has 0 fully saturated rings. The SMILES string of the molecule is CCCCCCCCCCCCCCCCCC(=O)NCCOCC(C)OCC(C)O. The highest BCUT2D eigenvalue weighted by molar-refractivity contribution is 5.75. The van der Waals surface area contributed by atoms with E-state index in [0.717, 1.165) is 12.8 Å². The maximum Gasteiger partial charge on any atom is 0.220 e. The van der Waals surface area contributed by atoms with Gasteiger partial charge in [0.05, 0.1) is 32.0 Å². The Morgan fingerprint density at radius 3 is 1.74 bits per heavy atom. The van der Waals surface area contributed by atoms with Crippen molar-refractivity contribution in [3.05, 3.63) is 0 Å². The lowest BCUT2D eigenvalue weighted by Crippen LogP contribution is -2.28. The van der Waals surface area contributed by atoms with Crippen LogP contribution in [0.25, 0.3) is 0 Å². The second kappa shape index (κ2) is 24.0. The Morgan fingerprint density at radius 1 is 0.774 bits per heavy atom. The molecule has 2 atom stereocenters. The number of carbonyl (C=O) groups is 1. The van der Waals surface area contributed by atoms with Crippen molar-refractivity contribution in [1.29, 1.82) is 0 Å². The quantitative estimate of drug-likeness (QED) is 0.175. The van der Waals surface area contributed by atoms with E-state index < -0.39 is 6.10 Å². The van der Waals surface area contributed by atoms with Crippen LogP contribution < -0.4 is 5.32 Å². The number of hydrogen-bond donors (Lipinski definition) is 2. The molecular formula is C26H53NO4. The van der Waals surface area contributed by atoms with Crippen LogP contribution in [-0.4, -0.2) is 49.6 Å². The van der Waals surface area contributed by atoms with Gasteiger partial charge in [0.1, 0.15) is 0 Å². The first-order chi connectivity index (χ1) is 15.1. The zero-order valence-electron chi connectivity index (χ0n) is 21.0. The maximum absolute atomic E-state index is 11.8. The van der Waals surface area contributed by atoms with Gasteiger partial charge in [-0.15, -0.1) is 0 Å². The lowest BCUT2D eigenvalue weighted by molar-refractivity contribution is -0.121. The number of carbonyl (C=O) groups excluding carboxylic acids is 1. The highest BCUT2D eigenvalue weighted by atomic mass is 16.5. The van der Waals surface area contributed by atoms with E-state index in [4.69, 9.17) is 14.6 Å². The number of aliphatic hydroxyl groups is 1. The molecule has 0 aromatic heterocycles. The van der Waals surface area contributed by atoms with E-state index in [-0.39, 0.29) is 12.0 Å². The van der Waals surface area contributed by atoms with E-state index in [1.165, 1.54) is 83.5 Å². The van der Waals surface area contributed by atoms with Gasteiger partial charge in [-0.25, -0.2) is 0 Å². The topological polar surface area (TPSA) is 67.8 Å². The van der Waals surface area contributed by atoms with Crippen LogP contribution in [0.4, 0.5) is 0 Å². The largest absolute Gasteiger partial charge is 0.391 e. The predicted molar refractivity (Wildman–Crippen MR) is 130 cm³/mol. The van der Waals surface area contributed by atoms with E-state index in [0.29, 0.717) is 32.8 Å². The molecule has 0 bridgehead atoms. The molecule has 5 nitrogen and oxygen atoms in total. The third-order valence-electron chi connectivity index (χ3n) is 5.55. The summed E-state index contributed by atoms with van der Waals surface area (Å²) in [5.74, 6) is 0.122. The first kappa shape index (κ1) is 30.4. The lowest BCUT2D eigenvalue weighted by atomic mass is 10.0. The van der Waals surface area contributed by atoms with Crippen molar-refractivity contribution < 1.29 is 19.4 Å². The summed E-state index contributed by atoms with van der Waals surface area (Å²) in [6, 6.07) is 0. The lowest BCUT2D eigenvalue weighted by Gasteiger charge is -2.14. The summed E-state index contributed by atoms with van der Waals surface area (Å²) in [7, 11) is 0. The van der Waals surface area contributed by atoms with Gasteiger partial charge in [-0.05, 0) is 20.3 Å². The normalized spacial score (nSPS) is 13.3. The molecule has 2 N–H and O–H groups in total. The molecule has 0 saturated heterocycles. The molecule has 0 spiro atoms. The summed E-state index contributed by atoms with van der Waals surface area (Å²) in [6.07, 6.45) is 20.2. The number of ether oxygens (including phenoxy) is 2. The maximum atomic E-state index is 11.8. The molecule has 0 aromatic carbocycles. The second-order valence-electron chi connectivity index (χ2n) is 9.12. The molecule has 0 heterocycles. The Balaban J connectivity index is 3.22. The number of aliphatic hydroxyl groups excluding tert-OH is 1. The minimum absolute atomic E-state index is 0.0504. The fraction of sp³-hybridized carbons (Fsp3) is 0.962. The first-order valence-corrected chi connectivity index (χ1v) is 13.2. The molecule has 0 aromatic rings. The van der Waals surface area contributed by atoms with Crippen LogP contribution in [0.3, 0.4) is 0 Å². The Hall–Kier alpha value is -0.650. The first-order valence-electron chi connectivity index (χ1n) is 13.2. The van der Waals surface area contributed by atoms with E-state index in [1.807, 2.05) is 6.92 Å². The zero-order chi connectivity index (χ0) is 23.0. The Kier molecular flexibility index (Phi) is 23.5. The summed E-state index contributed by atoms with van der Waals surface area (Å²) < 4.78 is 10.9. The summed E-state index contributed by atoms with van der Waals surface area (Å²) in [5.41, 5.74) is 0. The van der Waals surface area contributed by atoms with Gasteiger partial charge in [-0.1, -0.05) is 96.8 Å². The Labute approximate surface area is 193 Å². The van der Waals surface area contributed by atoms with Gasteiger partial charge in [0.15, 0.2) is 0 Å². The molecule has 5 heteroatoms. The summed E-state index contributed by atoms with van der Waals surface area (Å²) >= 11 is 0. The van der Waals surface area contributed by atoms with Gasteiger partial charge < -0.3 is 19.9 Å². The zero-order valence-corrected chi connectivity index (χ0v) is 21.0. The highest BCUT2D eigenvalue weighted by Gasteiger charge is 2.05. The molecule has 1 amide bonds. The fourth-order valence-electron chi connectivity index (χ4n) is 3.61. The summed E-state index contributed by atoms with van der Waals surface area (Å²) in [6.45, 7) is 7.71. The molecule has 0 aliphatic rings. The van der Waals surface area contributed by atoms with Crippen molar-refractivity contribution in [2.24, 2.45) is 0 Å². The average Bonchev–Trinajstić information content (AvgIpc) is 2.74. The van der Waals surface area contributed by atoms with Crippen LogP contribution >= 0.6 is 0 Å². The van der Waals surface area contributed by atoms with E-state index in [2.05, 4.69) is 12.2 Å². The van der Waals surface area contributed by atoms with E-state index in [1.54, 1.807) is 6.92 Å². The van der Waals surface area contributed by atoms with Gasteiger partial charge in [0.2, 0.25) is 5.91 Å². The molecule has 0 aliphatic carbocycles. The van der Waals surface area contributed by atoms with Crippen LogP contribution in [0, 0.1) is 0 Å².